The lowest BCUT2D eigenvalue weighted by atomic mass is 10.2. The summed E-state index contributed by atoms with van der Waals surface area (Å²) in [6.07, 6.45) is 2.61. The maximum atomic E-state index is 11.7. The van der Waals surface area contributed by atoms with E-state index in [-0.39, 0.29) is 5.91 Å². The standard InChI is InChI=1S/C11H14Cl2N2OS/c1-17-3-2-10(14)11(16)15-9-5-7(12)4-8(13)6-9/h4-6,10H,2-3,14H2,1H3,(H,15,16)/t10-/m0/s1. The Balaban J connectivity index is 2.61. The van der Waals surface area contributed by atoms with Gasteiger partial charge in [0.25, 0.3) is 0 Å². The van der Waals surface area contributed by atoms with Crippen LogP contribution in [0, 0.1) is 0 Å². The van der Waals surface area contributed by atoms with E-state index in [1.165, 1.54) is 0 Å². The summed E-state index contributed by atoms with van der Waals surface area (Å²) in [6, 6.07) is 4.35. The summed E-state index contributed by atoms with van der Waals surface area (Å²) in [4.78, 5) is 11.7. The Morgan fingerprint density at radius 1 is 1.41 bits per heavy atom. The Labute approximate surface area is 115 Å². The van der Waals surface area contributed by atoms with Gasteiger partial charge in [0.2, 0.25) is 5.91 Å². The van der Waals surface area contributed by atoms with Gasteiger partial charge in [0, 0.05) is 15.7 Å². The number of thioether (sulfide) groups is 1. The smallest absolute Gasteiger partial charge is 0.241 e. The van der Waals surface area contributed by atoms with Crippen LogP contribution in [-0.4, -0.2) is 24.0 Å². The van der Waals surface area contributed by atoms with E-state index in [1.807, 2.05) is 6.26 Å². The quantitative estimate of drug-likeness (QED) is 0.877. The largest absolute Gasteiger partial charge is 0.325 e. The number of rotatable bonds is 5. The maximum Gasteiger partial charge on any atom is 0.241 e. The normalized spacial score (nSPS) is 12.2. The van der Waals surface area contributed by atoms with Crippen LogP contribution >= 0.6 is 35.0 Å². The molecule has 0 aliphatic heterocycles. The van der Waals surface area contributed by atoms with E-state index < -0.39 is 6.04 Å². The van der Waals surface area contributed by atoms with Crippen LogP contribution in [0.4, 0.5) is 5.69 Å². The summed E-state index contributed by atoms with van der Waals surface area (Å²) < 4.78 is 0. The van der Waals surface area contributed by atoms with Crippen LogP contribution in [0.2, 0.25) is 10.0 Å². The molecule has 0 aromatic heterocycles. The highest BCUT2D eigenvalue weighted by molar-refractivity contribution is 7.98. The Kier molecular flexibility index (Phi) is 6.12. The maximum absolute atomic E-state index is 11.7. The second-order valence-electron chi connectivity index (χ2n) is 3.54. The Morgan fingerprint density at radius 2 is 2.00 bits per heavy atom. The van der Waals surface area contributed by atoms with Crippen molar-refractivity contribution in [3.05, 3.63) is 28.2 Å². The van der Waals surface area contributed by atoms with Gasteiger partial charge in [-0.05, 0) is 36.6 Å². The van der Waals surface area contributed by atoms with Gasteiger partial charge in [0.15, 0.2) is 0 Å². The molecule has 1 aromatic carbocycles. The lowest BCUT2D eigenvalue weighted by Gasteiger charge is -2.12. The molecular weight excluding hydrogens is 279 g/mol. The van der Waals surface area contributed by atoms with Gasteiger partial charge >= 0.3 is 0 Å². The predicted molar refractivity (Wildman–Crippen MR) is 76.1 cm³/mol. The third-order valence-electron chi connectivity index (χ3n) is 2.10. The van der Waals surface area contributed by atoms with E-state index in [4.69, 9.17) is 28.9 Å². The molecule has 1 atom stereocenters. The average Bonchev–Trinajstić information content (AvgIpc) is 2.24. The highest BCUT2D eigenvalue weighted by Crippen LogP contribution is 2.22. The minimum atomic E-state index is -0.514. The zero-order valence-electron chi connectivity index (χ0n) is 9.37. The number of hydrogen-bond acceptors (Lipinski definition) is 3. The molecule has 1 amide bonds. The van der Waals surface area contributed by atoms with Crippen molar-refractivity contribution in [3.63, 3.8) is 0 Å². The zero-order valence-corrected chi connectivity index (χ0v) is 11.7. The highest BCUT2D eigenvalue weighted by Gasteiger charge is 2.13. The van der Waals surface area contributed by atoms with Crippen molar-refractivity contribution in [1.82, 2.24) is 0 Å². The first-order valence-electron chi connectivity index (χ1n) is 5.04. The first-order valence-corrected chi connectivity index (χ1v) is 7.19. The molecule has 0 aliphatic rings. The zero-order chi connectivity index (χ0) is 12.8. The Morgan fingerprint density at radius 3 is 2.53 bits per heavy atom. The molecule has 3 N–H and O–H groups in total. The van der Waals surface area contributed by atoms with Gasteiger partial charge in [-0.2, -0.15) is 11.8 Å². The van der Waals surface area contributed by atoms with E-state index in [0.29, 0.717) is 22.2 Å². The van der Waals surface area contributed by atoms with Gasteiger partial charge in [0.1, 0.15) is 0 Å². The minimum absolute atomic E-state index is 0.225. The number of nitrogens with one attached hydrogen (secondary N) is 1. The van der Waals surface area contributed by atoms with Crippen LogP contribution in [-0.2, 0) is 4.79 Å². The summed E-state index contributed by atoms with van der Waals surface area (Å²) in [5.74, 6) is 0.627. The molecule has 0 saturated heterocycles. The lowest BCUT2D eigenvalue weighted by molar-refractivity contribution is -0.117. The predicted octanol–water partition coefficient (Wildman–Crippen LogP) is 3.01. The molecule has 0 unspecified atom stereocenters. The average molecular weight is 293 g/mol. The molecule has 0 heterocycles. The molecule has 17 heavy (non-hydrogen) atoms. The number of halogens is 2. The molecule has 1 rings (SSSR count). The third-order valence-corrected chi connectivity index (χ3v) is 3.18. The number of amides is 1. The topological polar surface area (TPSA) is 55.1 Å². The summed E-state index contributed by atoms with van der Waals surface area (Å²) in [5.41, 5.74) is 6.30. The van der Waals surface area contributed by atoms with Crippen molar-refractivity contribution in [2.24, 2.45) is 5.73 Å². The van der Waals surface area contributed by atoms with E-state index >= 15 is 0 Å². The van der Waals surface area contributed by atoms with Crippen LogP contribution in [0.1, 0.15) is 6.42 Å². The van der Waals surface area contributed by atoms with Crippen LogP contribution in [0.15, 0.2) is 18.2 Å². The van der Waals surface area contributed by atoms with E-state index in [0.717, 1.165) is 5.75 Å². The third kappa shape index (κ3) is 5.17. The fourth-order valence-electron chi connectivity index (χ4n) is 1.24. The monoisotopic (exact) mass is 292 g/mol. The first kappa shape index (κ1) is 14.6. The van der Waals surface area contributed by atoms with Crippen molar-refractivity contribution in [2.75, 3.05) is 17.3 Å². The molecule has 0 saturated carbocycles. The van der Waals surface area contributed by atoms with Crippen LogP contribution in [0.25, 0.3) is 0 Å². The molecule has 0 spiro atoms. The summed E-state index contributed by atoms with van der Waals surface area (Å²) >= 11 is 13.3. The van der Waals surface area contributed by atoms with Gasteiger partial charge in [-0.25, -0.2) is 0 Å². The lowest BCUT2D eigenvalue weighted by Crippen LogP contribution is -2.36. The molecule has 0 bridgehead atoms. The molecule has 1 aromatic rings. The first-order chi connectivity index (χ1) is 8.02. The number of nitrogens with two attached hydrogens (primary N) is 1. The molecular formula is C11H14Cl2N2OS. The molecule has 3 nitrogen and oxygen atoms in total. The fraction of sp³-hybridized carbons (Fsp3) is 0.364. The second-order valence-corrected chi connectivity index (χ2v) is 5.39. The van der Waals surface area contributed by atoms with Gasteiger partial charge in [-0.1, -0.05) is 23.2 Å². The van der Waals surface area contributed by atoms with E-state index in [9.17, 15) is 4.79 Å². The Bertz CT molecular complexity index is 381. The number of hydrogen-bond donors (Lipinski definition) is 2. The van der Waals surface area contributed by atoms with Gasteiger partial charge < -0.3 is 11.1 Å². The Hall–Kier alpha value is -0.420. The van der Waals surface area contributed by atoms with Crippen molar-refractivity contribution in [1.29, 1.82) is 0 Å². The number of carbonyl (C=O) groups excluding carboxylic acids is 1. The summed E-state index contributed by atoms with van der Waals surface area (Å²) in [7, 11) is 0. The van der Waals surface area contributed by atoms with Crippen molar-refractivity contribution < 1.29 is 4.79 Å². The minimum Gasteiger partial charge on any atom is -0.325 e. The van der Waals surface area contributed by atoms with Crippen LogP contribution < -0.4 is 11.1 Å². The van der Waals surface area contributed by atoms with E-state index in [2.05, 4.69) is 5.32 Å². The molecule has 6 heteroatoms. The highest BCUT2D eigenvalue weighted by atomic mass is 35.5. The number of benzene rings is 1. The second kappa shape index (κ2) is 7.11. The summed E-state index contributed by atoms with van der Waals surface area (Å²) in [6.45, 7) is 0. The van der Waals surface area contributed by atoms with Crippen molar-refractivity contribution in [3.8, 4) is 0 Å². The van der Waals surface area contributed by atoms with Gasteiger partial charge in [0.05, 0.1) is 6.04 Å². The summed E-state index contributed by atoms with van der Waals surface area (Å²) in [5, 5.41) is 3.64. The molecule has 0 fully saturated rings. The van der Waals surface area contributed by atoms with Gasteiger partial charge in [-0.3, -0.25) is 4.79 Å². The molecule has 94 valence electrons. The van der Waals surface area contributed by atoms with E-state index in [1.54, 1.807) is 30.0 Å². The van der Waals surface area contributed by atoms with Gasteiger partial charge in [-0.15, -0.1) is 0 Å². The van der Waals surface area contributed by atoms with Crippen LogP contribution in [0.5, 0.6) is 0 Å². The number of anilines is 1. The van der Waals surface area contributed by atoms with Crippen LogP contribution in [0.3, 0.4) is 0 Å². The molecule has 0 radical (unpaired) electrons. The SMILES string of the molecule is CSCC[C@H](N)C(=O)Nc1cc(Cl)cc(Cl)c1. The number of carbonyl (C=O) groups is 1. The van der Waals surface area contributed by atoms with Crippen molar-refractivity contribution in [2.45, 2.75) is 12.5 Å². The molecule has 0 aliphatic carbocycles. The van der Waals surface area contributed by atoms with Crippen molar-refractivity contribution >= 4 is 46.6 Å². The fourth-order valence-corrected chi connectivity index (χ4v) is 2.25.